The van der Waals surface area contributed by atoms with Crippen molar-refractivity contribution in [3.63, 3.8) is 0 Å². The van der Waals surface area contributed by atoms with Crippen LogP contribution in [-0.4, -0.2) is 11.3 Å². The van der Waals surface area contributed by atoms with E-state index in [1.165, 1.54) is 12.8 Å². The molecule has 3 heteroatoms. The average Bonchev–Trinajstić information content (AvgIpc) is 2.70. The lowest BCUT2D eigenvalue weighted by atomic mass is 10.3. The van der Waals surface area contributed by atoms with Crippen LogP contribution in [0.15, 0.2) is 10.6 Å². The molecule has 1 saturated carbocycles. The van der Waals surface area contributed by atoms with E-state index in [0.717, 1.165) is 5.76 Å². The monoisotopic (exact) mass is 137 g/mol. The highest BCUT2D eigenvalue weighted by Crippen LogP contribution is 2.39. The lowest BCUT2D eigenvalue weighted by Crippen LogP contribution is -1.73. The van der Waals surface area contributed by atoms with Gasteiger partial charge in [0, 0.05) is 5.92 Å². The van der Waals surface area contributed by atoms with Crippen LogP contribution in [0.1, 0.15) is 35.2 Å². The third-order valence-electron chi connectivity index (χ3n) is 1.62. The maximum atomic E-state index is 10.1. The van der Waals surface area contributed by atoms with E-state index in [4.69, 9.17) is 4.42 Å². The SMILES string of the molecule is O=Cc1ncc(C2CC2)o1. The molecule has 3 nitrogen and oxygen atoms in total. The summed E-state index contributed by atoms with van der Waals surface area (Å²) >= 11 is 0. The van der Waals surface area contributed by atoms with Crippen molar-refractivity contribution in [1.29, 1.82) is 0 Å². The summed E-state index contributed by atoms with van der Waals surface area (Å²) in [6, 6.07) is 0. The Morgan fingerprint density at radius 3 is 3.00 bits per heavy atom. The molecule has 0 amide bonds. The van der Waals surface area contributed by atoms with Gasteiger partial charge in [0.1, 0.15) is 5.76 Å². The Morgan fingerprint density at radius 1 is 1.70 bits per heavy atom. The van der Waals surface area contributed by atoms with Crippen LogP contribution in [0.3, 0.4) is 0 Å². The molecule has 0 spiro atoms. The number of nitrogens with zero attached hydrogens (tertiary/aromatic N) is 1. The molecule has 1 fully saturated rings. The molecule has 0 aromatic carbocycles. The summed E-state index contributed by atoms with van der Waals surface area (Å²) in [5.74, 6) is 1.60. The van der Waals surface area contributed by atoms with Crippen molar-refractivity contribution >= 4 is 6.29 Å². The summed E-state index contributed by atoms with van der Waals surface area (Å²) in [6.45, 7) is 0. The predicted octanol–water partition coefficient (Wildman–Crippen LogP) is 1.36. The maximum Gasteiger partial charge on any atom is 0.259 e. The van der Waals surface area contributed by atoms with Gasteiger partial charge in [-0.05, 0) is 12.8 Å². The van der Waals surface area contributed by atoms with Crippen LogP contribution in [-0.2, 0) is 0 Å². The molecule has 2 rings (SSSR count). The number of carbonyl (C=O) groups excluding carboxylic acids is 1. The van der Waals surface area contributed by atoms with Crippen molar-refractivity contribution in [3.8, 4) is 0 Å². The van der Waals surface area contributed by atoms with Gasteiger partial charge in [-0.3, -0.25) is 4.79 Å². The van der Waals surface area contributed by atoms with Crippen molar-refractivity contribution in [3.05, 3.63) is 17.8 Å². The topological polar surface area (TPSA) is 43.1 Å². The number of aldehydes is 1. The van der Waals surface area contributed by atoms with Crippen molar-refractivity contribution in [2.45, 2.75) is 18.8 Å². The van der Waals surface area contributed by atoms with Crippen LogP contribution in [0.2, 0.25) is 0 Å². The zero-order valence-electron chi connectivity index (χ0n) is 5.41. The molecule has 0 atom stereocenters. The summed E-state index contributed by atoms with van der Waals surface area (Å²) in [5.41, 5.74) is 0. The first-order chi connectivity index (χ1) is 4.90. The van der Waals surface area contributed by atoms with E-state index in [2.05, 4.69) is 4.98 Å². The zero-order valence-corrected chi connectivity index (χ0v) is 5.41. The molecule has 0 bridgehead atoms. The smallest absolute Gasteiger partial charge is 0.259 e. The minimum Gasteiger partial charge on any atom is -0.439 e. The van der Waals surface area contributed by atoms with Gasteiger partial charge in [0.2, 0.25) is 6.29 Å². The first kappa shape index (κ1) is 5.65. The number of hydrogen-bond donors (Lipinski definition) is 0. The minimum absolute atomic E-state index is 0.196. The highest BCUT2D eigenvalue weighted by molar-refractivity contribution is 5.67. The van der Waals surface area contributed by atoms with Crippen molar-refractivity contribution in [1.82, 2.24) is 4.98 Å². The predicted molar refractivity (Wildman–Crippen MR) is 33.9 cm³/mol. The Bertz CT molecular complexity index is 250. The Kier molecular flexibility index (Phi) is 1.09. The van der Waals surface area contributed by atoms with E-state index in [1.807, 2.05) is 0 Å². The fourth-order valence-corrected chi connectivity index (χ4v) is 0.912. The summed E-state index contributed by atoms with van der Waals surface area (Å²) in [5, 5.41) is 0. The largest absolute Gasteiger partial charge is 0.439 e. The molecule has 0 N–H and O–H groups in total. The minimum atomic E-state index is 0.196. The lowest BCUT2D eigenvalue weighted by molar-refractivity contribution is 0.109. The third kappa shape index (κ3) is 0.835. The summed E-state index contributed by atoms with van der Waals surface area (Å²) in [6.07, 6.45) is 4.62. The summed E-state index contributed by atoms with van der Waals surface area (Å²) in [7, 11) is 0. The quantitative estimate of drug-likeness (QED) is 0.578. The maximum absolute atomic E-state index is 10.1. The van der Waals surface area contributed by atoms with Gasteiger partial charge in [0.15, 0.2) is 0 Å². The Labute approximate surface area is 58.1 Å². The van der Waals surface area contributed by atoms with Crippen LogP contribution < -0.4 is 0 Å². The van der Waals surface area contributed by atoms with Crippen LogP contribution in [0.5, 0.6) is 0 Å². The van der Waals surface area contributed by atoms with Crippen molar-refractivity contribution in [2.24, 2.45) is 0 Å². The Hall–Kier alpha value is -1.12. The second-order valence-electron chi connectivity index (χ2n) is 2.49. The fraction of sp³-hybridized carbons (Fsp3) is 0.429. The number of hydrogen-bond acceptors (Lipinski definition) is 3. The summed E-state index contributed by atoms with van der Waals surface area (Å²) in [4.78, 5) is 13.9. The van der Waals surface area contributed by atoms with Crippen LogP contribution in [0.4, 0.5) is 0 Å². The number of carbonyl (C=O) groups is 1. The van der Waals surface area contributed by atoms with Crippen LogP contribution >= 0.6 is 0 Å². The molecule has 1 aliphatic rings. The zero-order chi connectivity index (χ0) is 6.97. The van der Waals surface area contributed by atoms with Crippen molar-refractivity contribution in [2.75, 3.05) is 0 Å². The first-order valence-corrected chi connectivity index (χ1v) is 3.31. The van der Waals surface area contributed by atoms with Gasteiger partial charge in [-0.15, -0.1) is 0 Å². The van der Waals surface area contributed by atoms with Gasteiger partial charge >= 0.3 is 0 Å². The first-order valence-electron chi connectivity index (χ1n) is 3.31. The molecule has 1 aromatic heterocycles. The molecule has 0 aliphatic heterocycles. The summed E-state index contributed by atoms with van der Waals surface area (Å²) < 4.78 is 5.08. The van der Waals surface area contributed by atoms with E-state index in [1.54, 1.807) is 6.20 Å². The molecule has 1 aliphatic carbocycles. The lowest BCUT2D eigenvalue weighted by Gasteiger charge is -1.82. The van der Waals surface area contributed by atoms with E-state index in [9.17, 15) is 4.79 Å². The Balaban J connectivity index is 2.26. The molecule has 1 heterocycles. The van der Waals surface area contributed by atoms with Crippen molar-refractivity contribution < 1.29 is 9.21 Å². The van der Waals surface area contributed by atoms with Gasteiger partial charge in [0.25, 0.3) is 5.89 Å². The van der Waals surface area contributed by atoms with E-state index in [-0.39, 0.29) is 5.89 Å². The van der Waals surface area contributed by atoms with Gasteiger partial charge < -0.3 is 4.42 Å². The second kappa shape index (κ2) is 1.94. The van der Waals surface area contributed by atoms with Gasteiger partial charge in [-0.2, -0.15) is 0 Å². The molecule has 52 valence electrons. The fourth-order valence-electron chi connectivity index (χ4n) is 0.912. The second-order valence-corrected chi connectivity index (χ2v) is 2.49. The van der Waals surface area contributed by atoms with Gasteiger partial charge in [-0.25, -0.2) is 4.98 Å². The normalized spacial score (nSPS) is 17.2. The molecular formula is C7H7NO2. The highest BCUT2D eigenvalue weighted by Gasteiger charge is 2.27. The standard InChI is InChI=1S/C7H7NO2/c9-4-7-8-3-6(10-7)5-1-2-5/h3-5H,1-2H2. The Morgan fingerprint density at radius 2 is 2.50 bits per heavy atom. The van der Waals surface area contributed by atoms with Crippen LogP contribution in [0.25, 0.3) is 0 Å². The molecule has 10 heavy (non-hydrogen) atoms. The number of aromatic nitrogens is 1. The number of oxazole rings is 1. The van der Waals surface area contributed by atoms with E-state index in [0.29, 0.717) is 12.2 Å². The number of rotatable bonds is 2. The van der Waals surface area contributed by atoms with Gasteiger partial charge in [-0.1, -0.05) is 0 Å². The van der Waals surface area contributed by atoms with Gasteiger partial charge in [0.05, 0.1) is 6.20 Å². The molecule has 1 aromatic rings. The molecule has 0 unspecified atom stereocenters. The molecule has 0 radical (unpaired) electrons. The molecule has 0 saturated heterocycles. The highest BCUT2D eigenvalue weighted by atomic mass is 16.4. The van der Waals surface area contributed by atoms with Crippen LogP contribution in [0, 0.1) is 0 Å². The average molecular weight is 137 g/mol. The molecular weight excluding hydrogens is 130 g/mol. The third-order valence-corrected chi connectivity index (χ3v) is 1.62. The van der Waals surface area contributed by atoms with E-state index >= 15 is 0 Å². The van der Waals surface area contributed by atoms with E-state index < -0.39 is 0 Å².